The molecule has 0 bridgehead atoms. The molecule has 3 nitrogen and oxygen atoms in total. The molecular weight excluding hydrogens is 233 g/mol. The highest BCUT2D eigenvalue weighted by molar-refractivity contribution is 5.92. The fraction of sp³-hybridized carbons (Fsp3) is 0.357. The van der Waals surface area contributed by atoms with Crippen molar-refractivity contribution < 1.29 is 14.3 Å². The Labute approximate surface area is 106 Å². The summed E-state index contributed by atoms with van der Waals surface area (Å²) in [6, 6.07) is 6.05. The van der Waals surface area contributed by atoms with Gasteiger partial charge in [0.25, 0.3) is 0 Å². The quantitative estimate of drug-likeness (QED) is 0.812. The van der Waals surface area contributed by atoms with Crippen molar-refractivity contribution in [2.75, 3.05) is 13.1 Å². The van der Waals surface area contributed by atoms with Crippen LogP contribution in [-0.4, -0.2) is 34.6 Å². The first kappa shape index (κ1) is 12.8. The van der Waals surface area contributed by atoms with Crippen LogP contribution in [0.2, 0.25) is 0 Å². The molecule has 1 amide bonds. The lowest BCUT2D eigenvalue weighted by atomic mass is 10.1. The summed E-state index contributed by atoms with van der Waals surface area (Å²) in [5.41, 5.74) is -0.142. The van der Waals surface area contributed by atoms with Crippen LogP contribution >= 0.6 is 0 Å². The Morgan fingerprint density at radius 3 is 2.94 bits per heavy atom. The first-order chi connectivity index (χ1) is 8.46. The molecule has 0 saturated carbocycles. The molecule has 1 aromatic rings. The number of likely N-dealkylation sites (tertiary alicyclic amines) is 1. The Balaban J connectivity index is 2.00. The molecule has 1 aromatic carbocycles. The summed E-state index contributed by atoms with van der Waals surface area (Å²) < 4.78 is 12.9. The van der Waals surface area contributed by atoms with Gasteiger partial charge in [0.15, 0.2) is 0 Å². The molecule has 1 heterocycles. The Bertz CT molecular complexity index is 482. The van der Waals surface area contributed by atoms with E-state index in [0.29, 0.717) is 25.1 Å². The lowest BCUT2D eigenvalue weighted by Gasteiger charge is -2.17. The minimum Gasteiger partial charge on any atom is -0.388 e. The lowest BCUT2D eigenvalue weighted by Crippen LogP contribution is -2.32. The SMILES string of the molecule is CC1(O)CCN(C(=O)/C=C/c2cccc(F)c2)C1. The number of benzene rings is 1. The Kier molecular flexibility index (Phi) is 3.48. The smallest absolute Gasteiger partial charge is 0.246 e. The van der Waals surface area contributed by atoms with Gasteiger partial charge in [0, 0.05) is 19.2 Å². The van der Waals surface area contributed by atoms with Crippen LogP contribution < -0.4 is 0 Å². The second-order valence-corrected chi connectivity index (χ2v) is 4.90. The summed E-state index contributed by atoms with van der Waals surface area (Å²) in [5, 5.41) is 9.77. The van der Waals surface area contributed by atoms with Crippen molar-refractivity contribution in [2.45, 2.75) is 18.9 Å². The van der Waals surface area contributed by atoms with Gasteiger partial charge in [0.05, 0.1) is 5.60 Å². The van der Waals surface area contributed by atoms with Crippen LogP contribution in [0, 0.1) is 5.82 Å². The number of aliphatic hydroxyl groups is 1. The number of carbonyl (C=O) groups is 1. The maximum atomic E-state index is 12.9. The van der Waals surface area contributed by atoms with Crippen molar-refractivity contribution in [2.24, 2.45) is 0 Å². The Hall–Kier alpha value is -1.68. The van der Waals surface area contributed by atoms with Crippen molar-refractivity contribution in [1.29, 1.82) is 0 Å². The first-order valence-electron chi connectivity index (χ1n) is 5.91. The molecule has 1 aliphatic heterocycles. The molecule has 18 heavy (non-hydrogen) atoms. The van der Waals surface area contributed by atoms with E-state index in [4.69, 9.17) is 0 Å². The lowest BCUT2D eigenvalue weighted by molar-refractivity contribution is -0.125. The number of hydrogen-bond donors (Lipinski definition) is 1. The van der Waals surface area contributed by atoms with E-state index in [-0.39, 0.29) is 11.7 Å². The summed E-state index contributed by atoms with van der Waals surface area (Å²) in [7, 11) is 0. The summed E-state index contributed by atoms with van der Waals surface area (Å²) in [6.45, 7) is 2.62. The van der Waals surface area contributed by atoms with Crippen molar-refractivity contribution in [1.82, 2.24) is 4.90 Å². The summed E-state index contributed by atoms with van der Waals surface area (Å²) in [5.74, 6) is -0.481. The Morgan fingerprint density at radius 2 is 2.33 bits per heavy atom. The van der Waals surface area contributed by atoms with Gasteiger partial charge >= 0.3 is 0 Å². The van der Waals surface area contributed by atoms with Crippen molar-refractivity contribution in [3.8, 4) is 0 Å². The number of nitrogens with zero attached hydrogens (tertiary/aromatic N) is 1. The molecule has 96 valence electrons. The zero-order valence-corrected chi connectivity index (χ0v) is 10.3. The third kappa shape index (κ3) is 3.17. The molecule has 1 aliphatic rings. The highest BCUT2D eigenvalue weighted by Crippen LogP contribution is 2.20. The number of halogens is 1. The van der Waals surface area contributed by atoms with Crippen LogP contribution in [0.5, 0.6) is 0 Å². The number of carbonyl (C=O) groups excluding carboxylic acids is 1. The predicted molar refractivity (Wildman–Crippen MR) is 67.3 cm³/mol. The number of rotatable bonds is 2. The van der Waals surface area contributed by atoms with Crippen LogP contribution in [0.3, 0.4) is 0 Å². The molecule has 1 unspecified atom stereocenters. The molecule has 0 aromatic heterocycles. The van der Waals surface area contributed by atoms with Crippen molar-refractivity contribution in [3.05, 3.63) is 41.7 Å². The van der Waals surface area contributed by atoms with E-state index in [9.17, 15) is 14.3 Å². The van der Waals surface area contributed by atoms with Crippen molar-refractivity contribution >= 4 is 12.0 Å². The molecule has 1 saturated heterocycles. The van der Waals surface area contributed by atoms with E-state index < -0.39 is 5.60 Å². The number of hydrogen-bond acceptors (Lipinski definition) is 2. The van der Waals surface area contributed by atoms with Gasteiger partial charge in [-0.25, -0.2) is 4.39 Å². The van der Waals surface area contributed by atoms with Crippen LogP contribution in [0.4, 0.5) is 4.39 Å². The standard InChI is InChI=1S/C14H16FNO2/c1-14(18)7-8-16(10-14)13(17)6-5-11-3-2-4-12(15)9-11/h2-6,9,18H,7-8,10H2,1H3/b6-5+. The zero-order valence-electron chi connectivity index (χ0n) is 10.3. The van der Waals surface area contributed by atoms with Gasteiger partial charge in [0.2, 0.25) is 5.91 Å². The van der Waals surface area contributed by atoms with Crippen LogP contribution in [0.1, 0.15) is 18.9 Å². The van der Waals surface area contributed by atoms with Gasteiger partial charge in [-0.3, -0.25) is 4.79 Å². The van der Waals surface area contributed by atoms with E-state index in [2.05, 4.69) is 0 Å². The average Bonchev–Trinajstić information content (AvgIpc) is 2.67. The summed E-state index contributed by atoms with van der Waals surface area (Å²) in [4.78, 5) is 13.4. The largest absolute Gasteiger partial charge is 0.388 e. The zero-order chi connectivity index (χ0) is 13.2. The molecule has 2 rings (SSSR count). The Morgan fingerprint density at radius 1 is 1.56 bits per heavy atom. The maximum absolute atomic E-state index is 12.9. The molecular formula is C14H16FNO2. The van der Waals surface area contributed by atoms with E-state index in [1.165, 1.54) is 18.2 Å². The number of β-amino-alcohol motifs (C(OH)–C–C–N with tert-alkyl or cyclic N) is 1. The first-order valence-corrected chi connectivity index (χ1v) is 5.91. The molecule has 4 heteroatoms. The van der Waals surface area contributed by atoms with Gasteiger partial charge in [0.1, 0.15) is 5.82 Å². The predicted octanol–water partition coefficient (Wildman–Crippen LogP) is 1.82. The fourth-order valence-electron chi connectivity index (χ4n) is 2.02. The van der Waals surface area contributed by atoms with E-state index >= 15 is 0 Å². The van der Waals surface area contributed by atoms with Crippen LogP contribution in [0.15, 0.2) is 30.3 Å². The molecule has 0 aliphatic carbocycles. The molecule has 1 N–H and O–H groups in total. The second-order valence-electron chi connectivity index (χ2n) is 4.90. The molecule has 1 fully saturated rings. The van der Waals surface area contributed by atoms with Gasteiger partial charge < -0.3 is 10.0 Å². The fourth-order valence-corrected chi connectivity index (χ4v) is 2.02. The molecule has 1 atom stereocenters. The highest BCUT2D eigenvalue weighted by atomic mass is 19.1. The van der Waals surface area contributed by atoms with Gasteiger partial charge in [-0.2, -0.15) is 0 Å². The maximum Gasteiger partial charge on any atom is 0.246 e. The average molecular weight is 249 g/mol. The third-order valence-corrected chi connectivity index (χ3v) is 3.03. The molecule has 0 radical (unpaired) electrons. The van der Waals surface area contributed by atoms with E-state index in [0.717, 1.165) is 0 Å². The van der Waals surface area contributed by atoms with E-state index in [1.807, 2.05) is 0 Å². The number of amides is 1. The minimum absolute atomic E-state index is 0.156. The molecule has 0 spiro atoms. The summed E-state index contributed by atoms with van der Waals surface area (Å²) >= 11 is 0. The monoisotopic (exact) mass is 249 g/mol. The normalized spacial score (nSPS) is 23.8. The third-order valence-electron chi connectivity index (χ3n) is 3.03. The van der Waals surface area contributed by atoms with Gasteiger partial charge in [-0.15, -0.1) is 0 Å². The second kappa shape index (κ2) is 4.90. The highest BCUT2D eigenvalue weighted by Gasteiger charge is 2.32. The topological polar surface area (TPSA) is 40.5 Å². The van der Waals surface area contributed by atoms with Gasteiger partial charge in [-0.05, 0) is 37.1 Å². The van der Waals surface area contributed by atoms with Gasteiger partial charge in [-0.1, -0.05) is 12.1 Å². The summed E-state index contributed by atoms with van der Waals surface area (Å²) in [6.07, 6.45) is 3.58. The minimum atomic E-state index is -0.789. The van der Waals surface area contributed by atoms with E-state index in [1.54, 1.807) is 30.0 Å². The van der Waals surface area contributed by atoms with Crippen LogP contribution in [0.25, 0.3) is 6.08 Å². The van der Waals surface area contributed by atoms with Crippen molar-refractivity contribution in [3.63, 3.8) is 0 Å². The van der Waals surface area contributed by atoms with Crippen LogP contribution in [-0.2, 0) is 4.79 Å².